The van der Waals surface area contributed by atoms with Gasteiger partial charge in [0.25, 0.3) is 0 Å². The fourth-order valence-electron chi connectivity index (χ4n) is 1.48. The maximum Gasteiger partial charge on any atom is 0.321 e. The third kappa shape index (κ3) is 3.62. The van der Waals surface area contributed by atoms with Gasteiger partial charge in [0.05, 0.1) is 6.26 Å². The van der Waals surface area contributed by atoms with Crippen molar-refractivity contribution >= 4 is 11.9 Å². The van der Waals surface area contributed by atoms with Crippen LogP contribution < -0.4 is 10.6 Å². The predicted molar refractivity (Wildman–Crippen MR) is 65.8 cm³/mol. The number of anilines is 1. The molecule has 2 rings (SSSR count). The highest BCUT2D eigenvalue weighted by atomic mass is 19.1. The Labute approximate surface area is 104 Å². The molecule has 18 heavy (non-hydrogen) atoms. The third-order valence-corrected chi connectivity index (χ3v) is 2.37. The minimum absolute atomic E-state index is 0.262. The molecule has 0 saturated heterocycles. The van der Waals surface area contributed by atoms with E-state index in [0.29, 0.717) is 18.8 Å². The summed E-state index contributed by atoms with van der Waals surface area (Å²) in [6.45, 7) is 0.470. The molecule has 0 aliphatic carbocycles. The van der Waals surface area contributed by atoms with Gasteiger partial charge >= 0.3 is 6.03 Å². The van der Waals surface area contributed by atoms with E-state index < -0.39 is 0 Å². The van der Waals surface area contributed by atoms with E-state index in [4.69, 9.17) is 4.42 Å². The number of rotatable bonds is 4. The van der Waals surface area contributed by atoms with Crippen LogP contribution in [0.15, 0.2) is 47.1 Å². The van der Waals surface area contributed by atoms with Crippen molar-refractivity contribution in [2.45, 2.75) is 6.42 Å². The largest absolute Gasteiger partial charge is 0.449 e. The van der Waals surface area contributed by atoms with E-state index in [2.05, 4.69) is 10.6 Å². The molecule has 0 aliphatic heterocycles. The molecule has 0 saturated carbocycles. The molecule has 0 bridgehead atoms. The molecule has 4 nitrogen and oxygen atoms in total. The summed E-state index contributed by atoms with van der Waals surface area (Å²) >= 11 is 0. The molecular formula is C13H13FN2O2. The zero-order valence-electron chi connectivity index (χ0n) is 9.65. The molecule has 1 aromatic carbocycles. The SMILES string of the molecule is O=C(NCCc1ccc(F)cc1)Nc1ccco1. The van der Waals surface area contributed by atoms with Gasteiger partial charge in [-0.05, 0) is 30.2 Å². The van der Waals surface area contributed by atoms with Crippen LogP contribution in [0.25, 0.3) is 0 Å². The minimum atomic E-state index is -0.327. The number of hydrogen-bond acceptors (Lipinski definition) is 2. The van der Waals surface area contributed by atoms with Crippen molar-refractivity contribution in [3.63, 3.8) is 0 Å². The standard InChI is InChI=1S/C13H13FN2O2/c14-11-5-3-10(4-6-11)7-8-15-13(17)16-12-2-1-9-18-12/h1-6,9H,7-8H2,(H2,15,16,17). The molecule has 0 aliphatic rings. The third-order valence-electron chi connectivity index (χ3n) is 2.37. The fraction of sp³-hybridized carbons (Fsp3) is 0.154. The maximum absolute atomic E-state index is 12.7. The summed E-state index contributed by atoms with van der Waals surface area (Å²) in [6, 6.07) is 9.21. The molecule has 0 fully saturated rings. The lowest BCUT2D eigenvalue weighted by Gasteiger charge is -2.05. The summed E-state index contributed by atoms with van der Waals surface area (Å²) in [5.41, 5.74) is 0.967. The van der Waals surface area contributed by atoms with Crippen molar-refractivity contribution in [1.82, 2.24) is 5.32 Å². The highest BCUT2D eigenvalue weighted by Crippen LogP contribution is 2.06. The van der Waals surface area contributed by atoms with E-state index in [1.807, 2.05) is 0 Å². The van der Waals surface area contributed by atoms with Crippen LogP contribution in [0.3, 0.4) is 0 Å². The monoisotopic (exact) mass is 248 g/mol. The second-order valence-electron chi connectivity index (χ2n) is 3.73. The van der Waals surface area contributed by atoms with E-state index in [1.165, 1.54) is 18.4 Å². The van der Waals surface area contributed by atoms with Gasteiger partial charge in [-0.25, -0.2) is 9.18 Å². The highest BCUT2D eigenvalue weighted by molar-refractivity contribution is 5.87. The van der Waals surface area contributed by atoms with Crippen LogP contribution in [0.2, 0.25) is 0 Å². The Morgan fingerprint density at radius 2 is 2.00 bits per heavy atom. The van der Waals surface area contributed by atoms with E-state index in [0.717, 1.165) is 5.56 Å². The van der Waals surface area contributed by atoms with Gasteiger partial charge in [0, 0.05) is 12.6 Å². The smallest absolute Gasteiger partial charge is 0.321 e. The molecule has 2 aromatic rings. The zero-order chi connectivity index (χ0) is 12.8. The number of halogens is 1. The van der Waals surface area contributed by atoms with Crippen LogP contribution in [0.5, 0.6) is 0 Å². The second-order valence-corrected chi connectivity index (χ2v) is 3.73. The number of nitrogens with one attached hydrogen (secondary N) is 2. The van der Waals surface area contributed by atoms with Crippen LogP contribution in [0.4, 0.5) is 15.1 Å². The van der Waals surface area contributed by atoms with Crippen LogP contribution in [-0.4, -0.2) is 12.6 Å². The van der Waals surface area contributed by atoms with Crippen molar-refractivity contribution in [2.75, 3.05) is 11.9 Å². The first-order valence-corrected chi connectivity index (χ1v) is 5.57. The Bertz CT molecular complexity index is 494. The van der Waals surface area contributed by atoms with Gasteiger partial charge < -0.3 is 9.73 Å². The van der Waals surface area contributed by atoms with Gasteiger partial charge in [0.1, 0.15) is 5.82 Å². The first-order valence-electron chi connectivity index (χ1n) is 5.57. The lowest BCUT2D eigenvalue weighted by atomic mass is 10.1. The van der Waals surface area contributed by atoms with Gasteiger partial charge in [-0.2, -0.15) is 0 Å². The molecule has 0 atom stereocenters. The number of carbonyl (C=O) groups excluding carboxylic acids is 1. The van der Waals surface area contributed by atoms with Gasteiger partial charge in [-0.3, -0.25) is 5.32 Å². The average Bonchev–Trinajstić information content (AvgIpc) is 2.84. The maximum atomic E-state index is 12.7. The van der Waals surface area contributed by atoms with Crippen molar-refractivity contribution in [3.8, 4) is 0 Å². The van der Waals surface area contributed by atoms with Crippen LogP contribution in [0.1, 0.15) is 5.56 Å². The number of amides is 2. The summed E-state index contributed by atoms with van der Waals surface area (Å²) in [4.78, 5) is 11.4. The number of urea groups is 1. The van der Waals surface area contributed by atoms with Crippen molar-refractivity contribution < 1.29 is 13.6 Å². The molecule has 1 aromatic heterocycles. The Morgan fingerprint density at radius 1 is 1.22 bits per heavy atom. The molecule has 5 heteroatoms. The van der Waals surface area contributed by atoms with Crippen molar-refractivity contribution in [1.29, 1.82) is 0 Å². The molecule has 0 radical (unpaired) electrons. The molecule has 0 spiro atoms. The Kier molecular flexibility index (Phi) is 3.96. The van der Waals surface area contributed by atoms with E-state index in [-0.39, 0.29) is 11.8 Å². The van der Waals surface area contributed by atoms with E-state index in [1.54, 1.807) is 24.3 Å². The summed E-state index contributed by atoms with van der Waals surface area (Å²) in [6.07, 6.45) is 2.12. The predicted octanol–water partition coefficient (Wildman–Crippen LogP) is 2.78. The summed E-state index contributed by atoms with van der Waals surface area (Å²) in [5, 5.41) is 5.22. The van der Waals surface area contributed by atoms with Crippen LogP contribution in [-0.2, 0) is 6.42 Å². The Balaban J connectivity index is 1.72. The minimum Gasteiger partial charge on any atom is -0.449 e. The first-order chi connectivity index (χ1) is 8.74. The van der Waals surface area contributed by atoms with Crippen LogP contribution in [0, 0.1) is 5.82 Å². The normalized spacial score (nSPS) is 10.1. The van der Waals surface area contributed by atoms with Crippen LogP contribution >= 0.6 is 0 Å². The highest BCUT2D eigenvalue weighted by Gasteiger charge is 2.02. The zero-order valence-corrected chi connectivity index (χ0v) is 9.65. The summed E-state index contributed by atoms with van der Waals surface area (Å²) < 4.78 is 17.6. The summed E-state index contributed by atoms with van der Waals surface area (Å²) in [7, 11) is 0. The lowest BCUT2D eigenvalue weighted by molar-refractivity contribution is 0.251. The Hall–Kier alpha value is -2.30. The molecule has 2 N–H and O–H groups in total. The molecule has 2 amide bonds. The first kappa shape index (κ1) is 12.2. The van der Waals surface area contributed by atoms with Gasteiger partial charge in [0.2, 0.25) is 5.88 Å². The molecule has 1 heterocycles. The number of hydrogen-bond donors (Lipinski definition) is 2. The van der Waals surface area contributed by atoms with Gasteiger partial charge in [-0.1, -0.05) is 12.1 Å². The quantitative estimate of drug-likeness (QED) is 0.874. The summed E-state index contributed by atoms with van der Waals surface area (Å²) in [5.74, 6) is 0.136. The van der Waals surface area contributed by atoms with Crippen molar-refractivity contribution in [3.05, 3.63) is 54.0 Å². The van der Waals surface area contributed by atoms with Gasteiger partial charge in [0.15, 0.2) is 0 Å². The molecular weight excluding hydrogens is 235 g/mol. The van der Waals surface area contributed by atoms with E-state index >= 15 is 0 Å². The molecule has 94 valence electrons. The van der Waals surface area contributed by atoms with Gasteiger partial charge in [-0.15, -0.1) is 0 Å². The van der Waals surface area contributed by atoms with E-state index in [9.17, 15) is 9.18 Å². The number of furan rings is 1. The number of carbonyl (C=O) groups is 1. The number of benzene rings is 1. The second kappa shape index (κ2) is 5.86. The fourth-order valence-corrected chi connectivity index (χ4v) is 1.48. The van der Waals surface area contributed by atoms with Crippen molar-refractivity contribution in [2.24, 2.45) is 0 Å². The topological polar surface area (TPSA) is 54.3 Å². The lowest BCUT2D eigenvalue weighted by Crippen LogP contribution is -2.30. The average molecular weight is 248 g/mol. The Morgan fingerprint density at radius 3 is 2.67 bits per heavy atom. The molecule has 0 unspecified atom stereocenters.